The Kier molecular flexibility index (Phi) is 7.02. The second-order valence-corrected chi connectivity index (χ2v) is 8.74. The van der Waals surface area contributed by atoms with Gasteiger partial charge in [-0.2, -0.15) is 9.57 Å². The van der Waals surface area contributed by atoms with Crippen molar-refractivity contribution in [3.05, 3.63) is 59.2 Å². The molecule has 3 rings (SSSR count). The molecule has 2 aromatic rings. The SMILES string of the molecule is Cc1ccc(S(=O)(=O)N2CCOCC2)cc1NC(=O)COC(=O)c1ccc(C#N)cc1. The summed E-state index contributed by atoms with van der Waals surface area (Å²) in [4.78, 5) is 24.4. The predicted molar refractivity (Wildman–Crippen MR) is 111 cm³/mol. The van der Waals surface area contributed by atoms with Gasteiger partial charge in [-0.1, -0.05) is 6.07 Å². The van der Waals surface area contributed by atoms with Gasteiger partial charge in [-0.3, -0.25) is 4.79 Å². The number of anilines is 1. The molecule has 0 spiro atoms. The van der Waals surface area contributed by atoms with Gasteiger partial charge < -0.3 is 14.8 Å². The Morgan fingerprint density at radius 3 is 2.48 bits per heavy atom. The molecule has 9 nitrogen and oxygen atoms in total. The number of carbonyl (C=O) groups excluding carboxylic acids is 2. The van der Waals surface area contributed by atoms with Crippen molar-refractivity contribution in [3.8, 4) is 6.07 Å². The van der Waals surface area contributed by atoms with Crippen LogP contribution in [0.1, 0.15) is 21.5 Å². The van der Waals surface area contributed by atoms with E-state index in [0.717, 1.165) is 0 Å². The second kappa shape index (κ2) is 9.70. The minimum absolute atomic E-state index is 0.0601. The van der Waals surface area contributed by atoms with Crippen molar-refractivity contribution in [3.63, 3.8) is 0 Å². The maximum absolute atomic E-state index is 12.8. The number of benzene rings is 2. The van der Waals surface area contributed by atoms with Crippen LogP contribution in [0, 0.1) is 18.3 Å². The zero-order chi connectivity index (χ0) is 22.4. The van der Waals surface area contributed by atoms with Crippen molar-refractivity contribution in [1.29, 1.82) is 5.26 Å². The number of carbonyl (C=O) groups is 2. The van der Waals surface area contributed by atoms with E-state index in [1.807, 2.05) is 6.07 Å². The lowest BCUT2D eigenvalue weighted by molar-refractivity contribution is -0.119. The molecule has 1 aliphatic rings. The van der Waals surface area contributed by atoms with Crippen LogP contribution in [0.15, 0.2) is 47.4 Å². The molecule has 1 saturated heterocycles. The number of esters is 1. The van der Waals surface area contributed by atoms with E-state index < -0.39 is 28.5 Å². The topological polar surface area (TPSA) is 126 Å². The number of morpholine rings is 1. The molecule has 0 atom stereocenters. The zero-order valence-corrected chi connectivity index (χ0v) is 17.6. The Balaban J connectivity index is 1.64. The van der Waals surface area contributed by atoms with Gasteiger partial charge in [0, 0.05) is 18.8 Å². The third-order valence-corrected chi connectivity index (χ3v) is 6.57. The lowest BCUT2D eigenvalue weighted by atomic mass is 10.1. The van der Waals surface area contributed by atoms with E-state index in [-0.39, 0.29) is 23.5 Å². The maximum Gasteiger partial charge on any atom is 0.338 e. The lowest BCUT2D eigenvalue weighted by Crippen LogP contribution is -2.40. The minimum Gasteiger partial charge on any atom is -0.452 e. The molecule has 1 heterocycles. The summed E-state index contributed by atoms with van der Waals surface area (Å²) in [6, 6.07) is 12.2. The Morgan fingerprint density at radius 2 is 1.84 bits per heavy atom. The third-order valence-electron chi connectivity index (χ3n) is 4.68. The van der Waals surface area contributed by atoms with Crippen LogP contribution in [0.3, 0.4) is 0 Å². The summed E-state index contributed by atoms with van der Waals surface area (Å²) in [7, 11) is -3.71. The molecule has 0 aromatic heterocycles. The number of hydrogen-bond acceptors (Lipinski definition) is 7. The average molecular weight is 443 g/mol. The smallest absolute Gasteiger partial charge is 0.338 e. The molecular weight excluding hydrogens is 422 g/mol. The predicted octanol–water partition coefficient (Wildman–Crippen LogP) is 1.68. The van der Waals surface area contributed by atoms with E-state index in [4.69, 9.17) is 14.7 Å². The quantitative estimate of drug-likeness (QED) is 0.673. The highest BCUT2D eigenvalue weighted by atomic mass is 32.2. The van der Waals surface area contributed by atoms with Crippen molar-refractivity contribution in [2.45, 2.75) is 11.8 Å². The Hall–Kier alpha value is -3.26. The molecule has 2 aromatic carbocycles. The standard InChI is InChI=1S/C21H21N3O6S/c1-15-2-7-18(31(27,28)24-8-10-29-11-9-24)12-19(15)23-20(25)14-30-21(26)17-5-3-16(13-22)4-6-17/h2-7,12H,8-11,14H2,1H3,(H,23,25). The van der Waals surface area contributed by atoms with Crippen LogP contribution in [0.4, 0.5) is 5.69 Å². The molecule has 0 saturated carbocycles. The van der Waals surface area contributed by atoms with Crippen LogP contribution in [0.5, 0.6) is 0 Å². The molecule has 1 fully saturated rings. The van der Waals surface area contributed by atoms with Crippen LogP contribution in [-0.2, 0) is 24.3 Å². The van der Waals surface area contributed by atoms with Crippen LogP contribution in [0.2, 0.25) is 0 Å². The van der Waals surface area contributed by atoms with E-state index in [1.54, 1.807) is 13.0 Å². The summed E-state index contributed by atoms with van der Waals surface area (Å²) < 4.78 is 37.2. The monoisotopic (exact) mass is 443 g/mol. The fraction of sp³-hybridized carbons (Fsp3) is 0.286. The van der Waals surface area contributed by atoms with Gasteiger partial charge in [0.05, 0.1) is 35.3 Å². The molecule has 0 unspecified atom stereocenters. The summed E-state index contributed by atoms with van der Waals surface area (Å²) in [5.74, 6) is -1.31. The first-order chi connectivity index (χ1) is 14.8. The highest BCUT2D eigenvalue weighted by Crippen LogP contribution is 2.23. The van der Waals surface area contributed by atoms with Crippen molar-refractivity contribution in [2.24, 2.45) is 0 Å². The maximum atomic E-state index is 12.8. The van der Waals surface area contributed by atoms with Gasteiger partial charge in [-0.15, -0.1) is 0 Å². The lowest BCUT2D eigenvalue weighted by Gasteiger charge is -2.26. The molecule has 1 N–H and O–H groups in total. The molecule has 0 aliphatic carbocycles. The number of amides is 1. The van der Waals surface area contributed by atoms with Crippen molar-refractivity contribution >= 4 is 27.6 Å². The number of ether oxygens (including phenoxy) is 2. The zero-order valence-electron chi connectivity index (χ0n) is 16.8. The highest BCUT2D eigenvalue weighted by molar-refractivity contribution is 7.89. The summed E-state index contributed by atoms with van der Waals surface area (Å²) in [5.41, 5.74) is 1.58. The average Bonchev–Trinajstić information content (AvgIpc) is 2.79. The molecule has 1 aliphatic heterocycles. The van der Waals surface area contributed by atoms with Gasteiger partial charge in [-0.25, -0.2) is 13.2 Å². The van der Waals surface area contributed by atoms with Crippen LogP contribution in [-0.4, -0.2) is 57.5 Å². The first-order valence-corrected chi connectivity index (χ1v) is 10.9. The number of nitrogens with one attached hydrogen (secondary N) is 1. The fourth-order valence-corrected chi connectivity index (χ4v) is 4.35. The summed E-state index contributed by atoms with van der Waals surface area (Å²) >= 11 is 0. The number of nitrogens with zero attached hydrogens (tertiary/aromatic N) is 2. The Bertz CT molecular complexity index is 1120. The third kappa shape index (κ3) is 5.46. The summed E-state index contributed by atoms with van der Waals surface area (Å²) in [6.07, 6.45) is 0. The van der Waals surface area contributed by atoms with E-state index in [9.17, 15) is 18.0 Å². The Labute approximate surface area is 180 Å². The minimum atomic E-state index is -3.71. The molecular formula is C21H21N3O6S. The van der Waals surface area contributed by atoms with E-state index in [0.29, 0.717) is 30.0 Å². The van der Waals surface area contributed by atoms with Gasteiger partial charge >= 0.3 is 5.97 Å². The van der Waals surface area contributed by atoms with Crippen molar-refractivity contribution in [1.82, 2.24) is 4.31 Å². The first kappa shape index (κ1) is 22.4. The summed E-state index contributed by atoms with van der Waals surface area (Å²) in [5, 5.41) is 11.4. The highest BCUT2D eigenvalue weighted by Gasteiger charge is 2.27. The summed E-state index contributed by atoms with van der Waals surface area (Å²) in [6.45, 7) is 2.38. The molecule has 1 amide bonds. The van der Waals surface area contributed by atoms with Crippen molar-refractivity contribution < 1.29 is 27.5 Å². The number of sulfonamides is 1. The van der Waals surface area contributed by atoms with Crippen LogP contribution < -0.4 is 5.32 Å². The largest absolute Gasteiger partial charge is 0.452 e. The van der Waals surface area contributed by atoms with Crippen LogP contribution in [0.25, 0.3) is 0 Å². The Morgan fingerprint density at radius 1 is 1.16 bits per heavy atom. The van der Waals surface area contributed by atoms with Crippen LogP contribution >= 0.6 is 0 Å². The molecule has 31 heavy (non-hydrogen) atoms. The number of aryl methyl sites for hydroxylation is 1. The van der Waals surface area contributed by atoms with Gasteiger partial charge in [0.1, 0.15) is 0 Å². The molecule has 0 radical (unpaired) electrons. The molecule has 10 heteroatoms. The van der Waals surface area contributed by atoms with Crippen molar-refractivity contribution in [2.75, 3.05) is 38.2 Å². The fourth-order valence-electron chi connectivity index (χ4n) is 2.91. The van der Waals surface area contributed by atoms with Gasteiger partial charge in [0.25, 0.3) is 5.91 Å². The number of hydrogen-bond donors (Lipinski definition) is 1. The molecule has 162 valence electrons. The number of rotatable bonds is 6. The molecule has 0 bridgehead atoms. The normalized spacial score (nSPS) is 14.5. The van der Waals surface area contributed by atoms with E-state index in [2.05, 4.69) is 5.32 Å². The van der Waals surface area contributed by atoms with Gasteiger partial charge in [0.2, 0.25) is 10.0 Å². The first-order valence-electron chi connectivity index (χ1n) is 9.47. The van der Waals surface area contributed by atoms with Gasteiger partial charge in [-0.05, 0) is 48.9 Å². The second-order valence-electron chi connectivity index (χ2n) is 6.81. The van der Waals surface area contributed by atoms with Gasteiger partial charge in [0.15, 0.2) is 6.61 Å². The number of nitriles is 1. The van der Waals surface area contributed by atoms with E-state index >= 15 is 0 Å². The van der Waals surface area contributed by atoms with E-state index in [1.165, 1.54) is 40.7 Å².